The van der Waals surface area contributed by atoms with Gasteiger partial charge in [0.15, 0.2) is 0 Å². The van der Waals surface area contributed by atoms with Gasteiger partial charge in [0, 0.05) is 6.54 Å². The number of nitrogens with one attached hydrogen (secondary N) is 1. The predicted molar refractivity (Wildman–Crippen MR) is 91.8 cm³/mol. The number of nitrogens with zero attached hydrogens (tertiary/aromatic N) is 2. The Morgan fingerprint density at radius 3 is 2.65 bits per heavy atom. The van der Waals surface area contributed by atoms with Gasteiger partial charge in [-0.2, -0.15) is 0 Å². The molecular weight excluding hydrogens is 290 g/mol. The van der Waals surface area contributed by atoms with Gasteiger partial charge in [-0.15, -0.1) is 0 Å². The zero-order chi connectivity index (χ0) is 16.1. The van der Waals surface area contributed by atoms with E-state index >= 15 is 0 Å². The molecule has 23 heavy (non-hydrogen) atoms. The van der Waals surface area contributed by atoms with Crippen LogP contribution in [0.4, 0.5) is 5.95 Å². The third-order valence-corrected chi connectivity index (χ3v) is 3.54. The zero-order valence-corrected chi connectivity index (χ0v) is 13.1. The summed E-state index contributed by atoms with van der Waals surface area (Å²) in [6.45, 7) is 3.44. The molecule has 120 valence electrons. The van der Waals surface area contributed by atoms with E-state index in [1.807, 2.05) is 54.6 Å². The van der Waals surface area contributed by atoms with E-state index in [0.717, 1.165) is 22.7 Å². The maximum atomic E-state index is 9.48. The molecule has 1 aromatic heterocycles. The smallest absolute Gasteiger partial charge is 0.204 e. The summed E-state index contributed by atoms with van der Waals surface area (Å²) in [4.78, 5) is 4.60. The van der Waals surface area contributed by atoms with Crippen molar-refractivity contribution in [2.75, 3.05) is 18.5 Å². The lowest BCUT2D eigenvalue weighted by Gasteiger charge is -2.12. The van der Waals surface area contributed by atoms with E-state index < -0.39 is 6.10 Å². The van der Waals surface area contributed by atoms with Gasteiger partial charge in [-0.05, 0) is 31.2 Å². The van der Waals surface area contributed by atoms with Gasteiger partial charge >= 0.3 is 0 Å². The van der Waals surface area contributed by atoms with Crippen molar-refractivity contribution >= 4 is 17.0 Å². The number of rotatable bonds is 7. The van der Waals surface area contributed by atoms with Crippen molar-refractivity contribution in [2.45, 2.75) is 19.6 Å². The summed E-state index contributed by atoms with van der Waals surface area (Å²) >= 11 is 0. The third-order valence-electron chi connectivity index (χ3n) is 3.54. The van der Waals surface area contributed by atoms with E-state index in [9.17, 15) is 5.11 Å². The van der Waals surface area contributed by atoms with Crippen molar-refractivity contribution in [2.24, 2.45) is 0 Å². The minimum atomic E-state index is -0.427. The van der Waals surface area contributed by atoms with Crippen LogP contribution in [0.5, 0.6) is 5.75 Å². The average molecular weight is 311 g/mol. The quantitative estimate of drug-likeness (QED) is 0.704. The van der Waals surface area contributed by atoms with Gasteiger partial charge < -0.3 is 19.7 Å². The summed E-state index contributed by atoms with van der Waals surface area (Å²) in [5.74, 6) is 1.61. The Bertz CT molecular complexity index is 753. The molecule has 0 amide bonds. The lowest BCUT2D eigenvalue weighted by molar-refractivity contribution is 0.208. The van der Waals surface area contributed by atoms with Gasteiger partial charge in [-0.25, -0.2) is 4.98 Å². The van der Waals surface area contributed by atoms with Crippen LogP contribution in [0.2, 0.25) is 0 Å². The number of ether oxygens (including phenoxy) is 1. The second kappa shape index (κ2) is 7.15. The van der Waals surface area contributed by atoms with Gasteiger partial charge in [0.1, 0.15) is 12.4 Å². The van der Waals surface area contributed by atoms with Crippen LogP contribution in [-0.4, -0.2) is 33.9 Å². The largest absolute Gasteiger partial charge is 0.492 e. The van der Waals surface area contributed by atoms with Crippen LogP contribution in [0, 0.1) is 0 Å². The molecule has 1 heterocycles. The molecule has 0 bridgehead atoms. The molecule has 0 aliphatic carbocycles. The first kappa shape index (κ1) is 15.4. The molecule has 5 nitrogen and oxygen atoms in total. The summed E-state index contributed by atoms with van der Waals surface area (Å²) in [5, 5.41) is 12.7. The fourth-order valence-corrected chi connectivity index (χ4v) is 2.45. The molecule has 5 heteroatoms. The van der Waals surface area contributed by atoms with Crippen LogP contribution >= 0.6 is 0 Å². The van der Waals surface area contributed by atoms with Crippen molar-refractivity contribution in [1.82, 2.24) is 9.55 Å². The van der Waals surface area contributed by atoms with Crippen molar-refractivity contribution in [1.29, 1.82) is 0 Å². The minimum Gasteiger partial charge on any atom is -0.492 e. The summed E-state index contributed by atoms with van der Waals surface area (Å²) in [5.41, 5.74) is 1.98. The topological polar surface area (TPSA) is 59.3 Å². The number of hydrogen-bond acceptors (Lipinski definition) is 4. The molecule has 0 aliphatic heterocycles. The van der Waals surface area contributed by atoms with Crippen LogP contribution < -0.4 is 10.1 Å². The number of hydrogen-bond donors (Lipinski definition) is 2. The van der Waals surface area contributed by atoms with E-state index in [1.54, 1.807) is 6.92 Å². The normalized spacial score (nSPS) is 12.3. The first-order valence-corrected chi connectivity index (χ1v) is 7.79. The van der Waals surface area contributed by atoms with E-state index in [-0.39, 0.29) is 0 Å². The van der Waals surface area contributed by atoms with Crippen molar-refractivity contribution in [3.05, 3.63) is 54.6 Å². The zero-order valence-electron chi connectivity index (χ0n) is 13.1. The number of aliphatic hydroxyl groups is 1. The molecule has 2 N–H and O–H groups in total. The van der Waals surface area contributed by atoms with Crippen LogP contribution in [0.15, 0.2) is 54.6 Å². The first-order valence-electron chi connectivity index (χ1n) is 7.79. The summed E-state index contributed by atoms with van der Waals surface area (Å²) in [6.07, 6.45) is -0.427. The summed E-state index contributed by atoms with van der Waals surface area (Å²) in [7, 11) is 0. The Labute approximate surface area is 135 Å². The Hall–Kier alpha value is -2.53. The van der Waals surface area contributed by atoms with Crippen LogP contribution in [0.25, 0.3) is 11.0 Å². The first-order chi connectivity index (χ1) is 11.2. The number of imidazole rings is 1. The molecule has 2 aromatic carbocycles. The molecule has 0 saturated heterocycles. The fourth-order valence-electron chi connectivity index (χ4n) is 2.45. The van der Waals surface area contributed by atoms with Gasteiger partial charge in [0.05, 0.1) is 23.7 Å². The van der Waals surface area contributed by atoms with Crippen LogP contribution in [0.1, 0.15) is 6.92 Å². The van der Waals surface area contributed by atoms with Crippen molar-refractivity contribution in [3.63, 3.8) is 0 Å². The molecule has 1 unspecified atom stereocenters. The van der Waals surface area contributed by atoms with Gasteiger partial charge in [-0.3, -0.25) is 0 Å². The molecule has 0 fully saturated rings. The second-order valence-corrected chi connectivity index (χ2v) is 5.47. The summed E-state index contributed by atoms with van der Waals surface area (Å²) in [6, 6.07) is 17.8. The molecule has 3 aromatic rings. The fraction of sp³-hybridized carbons (Fsp3) is 0.278. The molecule has 3 rings (SSSR count). The molecule has 0 saturated carbocycles. The van der Waals surface area contributed by atoms with Crippen LogP contribution in [0.3, 0.4) is 0 Å². The lowest BCUT2D eigenvalue weighted by atomic mass is 10.3. The monoisotopic (exact) mass is 311 g/mol. The standard InChI is InChI=1S/C18H21N3O2/c1-14(22)13-19-18-20-16-9-5-6-10-17(16)21(18)11-12-23-15-7-3-2-4-8-15/h2-10,14,22H,11-13H2,1H3,(H,19,20). The van der Waals surface area contributed by atoms with E-state index in [0.29, 0.717) is 19.7 Å². The van der Waals surface area contributed by atoms with E-state index in [1.165, 1.54) is 0 Å². The van der Waals surface area contributed by atoms with Gasteiger partial charge in [0.2, 0.25) is 5.95 Å². The number of anilines is 1. The second-order valence-electron chi connectivity index (χ2n) is 5.47. The Morgan fingerprint density at radius 2 is 1.87 bits per heavy atom. The maximum absolute atomic E-state index is 9.48. The van der Waals surface area contributed by atoms with Crippen LogP contribution in [-0.2, 0) is 6.54 Å². The molecule has 0 aliphatic rings. The Balaban J connectivity index is 1.75. The number of fused-ring (bicyclic) bond motifs is 1. The van der Waals surface area contributed by atoms with Crippen molar-refractivity contribution in [3.8, 4) is 5.75 Å². The predicted octanol–water partition coefficient (Wildman–Crippen LogP) is 2.91. The number of benzene rings is 2. The number of aromatic nitrogens is 2. The number of para-hydroxylation sites is 3. The highest BCUT2D eigenvalue weighted by Crippen LogP contribution is 2.19. The van der Waals surface area contributed by atoms with Crippen molar-refractivity contribution < 1.29 is 9.84 Å². The van der Waals surface area contributed by atoms with Gasteiger partial charge in [-0.1, -0.05) is 30.3 Å². The Morgan fingerprint density at radius 1 is 1.13 bits per heavy atom. The SMILES string of the molecule is CC(O)CNc1nc2ccccc2n1CCOc1ccccc1. The highest BCUT2D eigenvalue weighted by molar-refractivity contribution is 5.78. The molecule has 0 radical (unpaired) electrons. The van der Waals surface area contributed by atoms with E-state index in [2.05, 4.69) is 14.9 Å². The average Bonchev–Trinajstić information content (AvgIpc) is 2.92. The van der Waals surface area contributed by atoms with Gasteiger partial charge in [0.25, 0.3) is 0 Å². The lowest BCUT2D eigenvalue weighted by Crippen LogP contribution is -2.19. The molecule has 0 spiro atoms. The third kappa shape index (κ3) is 3.81. The number of aliphatic hydroxyl groups excluding tert-OH is 1. The Kier molecular flexibility index (Phi) is 4.78. The van der Waals surface area contributed by atoms with E-state index in [4.69, 9.17) is 4.74 Å². The molecular formula is C18H21N3O2. The minimum absolute atomic E-state index is 0.427. The maximum Gasteiger partial charge on any atom is 0.204 e. The molecule has 1 atom stereocenters. The highest BCUT2D eigenvalue weighted by atomic mass is 16.5. The summed E-state index contributed by atoms with van der Waals surface area (Å²) < 4.78 is 7.87. The highest BCUT2D eigenvalue weighted by Gasteiger charge is 2.10.